The Hall–Kier alpha value is -14.9. The number of fused-ring (bicyclic) bond motifs is 15. The summed E-state index contributed by atoms with van der Waals surface area (Å²) in [6.45, 7) is 4.66. The molecule has 3 aliphatic carbocycles. The van der Waals surface area contributed by atoms with Crippen LogP contribution < -0.4 is 0 Å². The molecule has 0 saturated carbocycles. The summed E-state index contributed by atoms with van der Waals surface area (Å²) in [6, 6.07) is 144. The normalized spacial score (nSPS) is 13.2. The molecule has 12 heteroatoms. The summed E-state index contributed by atoms with van der Waals surface area (Å²) < 4.78 is 92.3. The zero-order chi connectivity index (χ0) is 95.6. The molecule has 0 fully saturated rings. The van der Waals surface area contributed by atoms with Gasteiger partial charge in [-0.25, -0.2) is 31.1 Å². The predicted octanol–water partition coefficient (Wildman–Crippen LogP) is 34.1. The first-order chi connectivity index (χ1) is 67.6. The number of benzene rings is 21. The molecule has 21 aromatic rings. The lowest BCUT2D eigenvalue weighted by atomic mass is 9.67. The van der Waals surface area contributed by atoms with Crippen molar-refractivity contribution >= 4 is 96.8 Å². The Bertz CT molecular complexity index is 8190. The van der Waals surface area contributed by atoms with Crippen molar-refractivity contribution in [3.63, 3.8) is 0 Å². The number of halogens is 9. The topological polar surface area (TPSA) is 46.5 Å². The molecule has 21 aromatic carbocycles. The minimum Gasteiger partial charge on any atom is -0.465 e. The molecule has 1 atom stereocenters. The van der Waals surface area contributed by atoms with E-state index in [1.165, 1.54) is 100.0 Å². The van der Waals surface area contributed by atoms with Crippen LogP contribution in [0.3, 0.4) is 0 Å². The number of ether oxygens (including phenoxy) is 1. The van der Waals surface area contributed by atoms with Crippen LogP contribution in [0.4, 0.5) is 26.3 Å². The van der Waals surface area contributed by atoms with E-state index in [1.54, 1.807) is 54.6 Å². The van der Waals surface area contributed by atoms with E-state index in [2.05, 4.69) is 256 Å². The van der Waals surface area contributed by atoms with Gasteiger partial charge in [-0.3, -0.25) is 0 Å². The Morgan fingerprint density at radius 2 is 0.619 bits per heavy atom. The highest BCUT2D eigenvalue weighted by molar-refractivity contribution is 9.11. The van der Waals surface area contributed by atoms with Crippen molar-refractivity contribution in [1.29, 1.82) is 0 Å². The molecule has 1 N–H and O–H groups in total. The molecule has 0 aliphatic heterocycles. The van der Waals surface area contributed by atoms with Crippen LogP contribution in [0.5, 0.6) is 0 Å². The number of hydrogen-bond acceptors (Lipinski definition) is 3. The van der Waals surface area contributed by atoms with Gasteiger partial charge in [-0.2, -0.15) is 0 Å². The summed E-state index contributed by atoms with van der Waals surface area (Å²) in [6.07, 6.45) is 0. The molecule has 0 spiro atoms. The number of aliphatic hydroxyl groups is 1. The zero-order valence-corrected chi connectivity index (χ0v) is 80.2. The van der Waals surface area contributed by atoms with Crippen molar-refractivity contribution in [2.75, 3.05) is 7.11 Å². The minimum atomic E-state index is -1.66. The Balaban J connectivity index is 0.000000116. The molecule has 0 heterocycles. The molecule has 0 saturated heterocycles. The quantitative estimate of drug-likeness (QED) is 0.0711. The van der Waals surface area contributed by atoms with Gasteiger partial charge >= 0.3 is 5.97 Å². The van der Waals surface area contributed by atoms with Crippen LogP contribution in [0.2, 0.25) is 0 Å². The third-order valence-corrected chi connectivity index (χ3v) is 29.5. The van der Waals surface area contributed by atoms with Crippen LogP contribution in [0.25, 0.3) is 98.7 Å². The molecule has 0 bridgehead atoms. The molecular formula is C127H85Br3F6O3. The predicted molar refractivity (Wildman–Crippen MR) is 562 cm³/mol. The van der Waals surface area contributed by atoms with Crippen LogP contribution in [-0.2, 0) is 26.6 Å². The first-order valence-electron chi connectivity index (χ1n) is 45.8. The average Bonchev–Trinajstić information content (AvgIpc) is 1.54. The number of hydrogen-bond donors (Lipinski definition) is 1. The maximum atomic E-state index is 14.7. The molecule has 0 amide bonds. The van der Waals surface area contributed by atoms with Crippen LogP contribution in [0, 0.1) is 34.9 Å². The van der Waals surface area contributed by atoms with E-state index >= 15 is 0 Å². The summed E-state index contributed by atoms with van der Waals surface area (Å²) in [5.41, 5.74) is 24.2. The first kappa shape index (κ1) is 90.6. The van der Waals surface area contributed by atoms with Gasteiger partial charge in [-0.1, -0.05) is 401 Å². The number of carbonyl (C=O) groups is 1. The lowest BCUT2D eigenvalue weighted by Crippen LogP contribution is -2.29. The number of carbonyl (C=O) groups excluding carboxylic acids is 1. The van der Waals surface area contributed by atoms with Gasteiger partial charge in [0.15, 0.2) is 0 Å². The van der Waals surface area contributed by atoms with Gasteiger partial charge in [0, 0.05) is 30.3 Å². The third kappa shape index (κ3) is 16.1. The van der Waals surface area contributed by atoms with Gasteiger partial charge in [0.1, 0.15) is 40.5 Å². The van der Waals surface area contributed by atoms with E-state index in [9.17, 15) is 36.2 Å². The van der Waals surface area contributed by atoms with E-state index in [-0.39, 0.29) is 40.6 Å². The van der Waals surface area contributed by atoms with Crippen molar-refractivity contribution in [2.24, 2.45) is 0 Å². The standard InChI is InChI=1S/C51H36F2.C29H19BrF2O.C29H17BrF2.C18H13BrO2/c1-50(2)44-15-9-8-14-41(44)42-27-16-34(30-46(42)50)48(33-11-4-3-5-12-33)35-17-28-43-47(31-35)51(36-19-23-38(52)24-20-36,37-21-25-39(53)26-22-37)45-29-18-32-10-6-7-13-40(32)49(43)45;30-22-12-17-27(26-7-3-5-19-4-1-2-6-25(19)26)28(18-22)29(33,20-8-13-23(31)14-9-20)21-10-15-24(32)16-11-21;30-21-10-15-25-27(17-21)29(19-6-11-22(31)12-7-19,20-8-13-23(32)14-9-20)26-16-5-18-3-1-2-4-24(18)28(25)26;1-21-18(20)17-11-13(19)9-10-16(17)15-8-4-6-12-5-2-3-7-14(12)15/h3-31,48H,1-2H3;1-18,33H;1-17H;2-11H,1H3. The van der Waals surface area contributed by atoms with E-state index in [1.807, 2.05) is 152 Å². The highest BCUT2D eigenvalue weighted by Crippen LogP contribution is 2.62. The largest absolute Gasteiger partial charge is 0.465 e. The second-order valence-corrected chi connectivity index (χ2v) is 38.7. The van der Waals surface area contributed by atoms with Crippen molar-refractivity contribution in [3.8, 4) is 55.6 Å². The molecule has 1 unspecified atom stereocenters. The van der Waals surface area contributed by atoms with Gasteiger partial charge in [-0.05, 0) is 291 Å². The van der Waals surface area contributed by atoms with Gasteiger partial charge in [0.2, 0.25) is 0 Å². The van der Waals surface area contributed by atoms with Gasteiger partial charge in [0.25, 0.3) is 0 Å². The zero-order valence-electron chi connectivity index (χ0n) is 75.5. The second-order valence-electron chi connectivity index (χ2n) is 35.9. The fourth-order valence-electron chi connectivity index (χ4n) is 21.7. The summed E-state index contributed by atoms with van der Waals surface area (Å²) in [4.78, 5) is 12.1. The summed E-state index contributed by atoms with van der Waals surface area (Å²) in [7, 11) is 1.40. The van der Waals surface area contributed by atoms with E-state index in [0.29, 0.717) is 22.3 Å². The number of methoxy groups -OCH3 is 1. The molecule has 24 rings (SSSR count). The molecule has 3 nitrogen and oxygen atoms in total. The molecule has 139 heavy (non-hydrogen) atoms. The summed E-state index contributed by atoms with van der Waals surface area (Å²) in [5, 5.41) is 21.4. The maximum absolute atomic E-state index is 14.7. The van der Waals surface area contributed by atoms with E-state index in [4.69, 9.17) is 4.74 Å². The highest BCUT2D eigenvalue weighted by atomic mass is 79.9. The Labute approximate surface area is 827 Å². The van der Waals surface area contributed by atoms with Crippen LogP contribution in [0.1, 0.15) is 119 Å². The van der Waals surface area contributed by atoms with Crippen LogP contribution in [-0.4, -0.2) is 18.2 Å². The monoisotopic (exact) mass is 2010 g/mol. The van der Waals surface area contributed by atoms with Crippen LogP contribution >= 0.6 is 47.8 Å². The fraction of sp³-hybridized carbons (Fsp3) is 0.0630. The van der Waals surface area contributed by atoms with Gasteiger partial charge in [-0.15, -0.1) is 0 Å². The SMILES string of the molecule is CC1(C)c2ccccc2-c2ccc(C(c3ccccc3)c3ccc4c(c3)C(c3ccc(F)cc3)(c3ccc(F)cc3)c3ccc5ccccc5c3-4)cc21.COC(=O)c1cc(Br)ccc1-c1cccc2ccccc12.Fc1ccc(C2(c3ccc(F)cc3)c3cc(Br)ccc3-c3c2ccc2ccccc32)cc1.OC(c1ccc(F)cc1)(c1ccc(F)cc1)c1cc(Br)ccc1-c1cccc2ccccc12. The minimum absolute atomic E-state index is 0.0640. The maximum Gasteiger partial charge on any atom is 0.338 e. The lowest BCUT2D eigenvalue weighted by Gasteiger charge is -2.34. The van der Waals surface area contributed by atoms with Crippen molar-refractivity contribution in [3.05, 3.63) is 592 Å². The van der Waals surface area contributed by atoms with Gasteiger partial charge < -0.3 is 9.84 Å². The smallest absolute Gasteiger partial charge is 0.338 e. The number of rotatable bonds is 13. The third-order valence-electron chi connectivity index (χ3n) is 28.0. The van der Waals surface area contributed by atoms with Crippen molar-refractivity contribution < 1.29 is 41.0 Å². The summed E-state index contributed by atoms with van der Waals surface area (Å²) >= 11 is 10.6. The lowest BCUT2D eigenvalue weighted by molar-refractivity contribution is 0.0601. The van der Waals surface area contributed by atoms with E-state index < -0.39 is 28.1 Å². The Morgan fingerprint density at radius 3 is 1.09 bits per heavy atom. The molecule has 0 radical (unpaired) electrons. The van der Waals surface area contributed by atoms with Gasteiger partial charge in [0.05, 0.1) is 23.5 Å². The van der Waals surface area contributed by atoms with Crippen molar-refractivity contribution in [2.45, 2.75) is 41.6 Å². The fourth-order valence-corrected chi connectivity index (χ4v) is 22.8. The van der Waals surface area contributed by atoms with Crippen LogP contribution in [0.15, 0.2) is 462 Å². The average molecular weight is 2010 g/mol. The molecular weight excluding hydrogens is 1930 g/mol. The first-order valence-corrected chi connectivity index (χ1v) is 48.2. The Kier molecular flexibility index (Phi) is 24.2. The molecule has 674 valence electrons. The Morgan fingerprint density at radius 1 is 0.281 bits per heavy atom. The second kappa shape index (κ2) is 37.2. The highest BCUT2D eigenvalue weighted by Gasteiger charge is 2.50. The summed E-state index contributed by atoms with van der Waals surface area (Å²) in [5.74, 6) is -2.35. The van der Waals surface area contributed by atoms with E-state index in [0.717, 1.165) is 140 Å². The molecule has 3 aliphatic rings. The number of esters is 1. The van der Waals surface area contributed by atoms with Crippen molar-refractivity contribution in [1.82, 2.24) is 0 Å². The molecule has 0 aromatic heterocycles.